The van der Waals surface area contributed by atoms with Gasteiger partial charge in [-0.25, -0.2) is 4.98 Å². The number of nitrogen functional groups attached to an aromatic ring is 1. The van der Waals surface area contributed by atoms with Crippen molar-refractivity contribution in [2.45, 2.75) is 6.92 Å². The highest BCUT2D eigenvalue weighted by Gasteiger charge is 2.12. The maximum Gasteiger partial charge on any atom is 0.194 e. The van der Waals surface area contributed by atoms with Crippen LogP contribution in [0.25, 0.3) is 17.0 Å². The number of rotatable bonds is 1. The van der Waals surface area contributed by atoms with Crippen molar-refractivity contribution in [2.24, 2.45) is 0 Å². The summed E-state index contributed by atoms with van der Waals surface area (Å²) in [4.78, 5) is 4.38. The fourth-order valence-corrected chi connectivity index (χ4v) is 1.83. The van der Waals surface area contributed by atoms with E-state index >= 15 is 0 Å². The minimum Gasteiger partial charge on any atom is -0.399 e. The number of aryl methyl sites for hydroxylation is 1. The highest BCUT2D eigenvalue weighted by Crippen LogP contribution is 2.23. The van der Waals surface area contributed by atoms with Crippen molar-refractivity contribution in [3.05, 3.63) is 35.0 Å². The maximum atomic E-state index is 6.09. The number of benzene rings is 1. The number of aromatic nitrogens is 4. The average molecular weight is 248 g/mol. The van der Waals surface area contributed by atoms with E-state index in [0.29, 0.717) is 22.2 Å². The number of halogens is 1. The number of nitrogens with one attached hydrogen (secondary N) is 1. The van der Waals surface area contributed by atoms with E-state index in [1.165, 1.54) is 0 Å². The Labute approximate surface area is 102 Å². The van der Waals surface area contributed by atoms with Crippen LogP contribution in [-0.4, -0.2) is 19.8 Å². The zero-order chi connectivity index (χ0) is 12.0. The van der Waals surface area contributed by atoms with Crippen molar-refractivity contribution >= 4 is 22.9 Å². The minimum atomic E-state index is 0.596. The lowest BCUT2D eigenvalue weighted by molar-refractivity contribution is 0.810. The number of nitrogens with two attached hydrogens (primary N) is 1. The molecule has 0 radical (unpaired) electrons. The molecule has 0 unspecified atom stereocenters. The predicted molar refractivity (Wildman–Crippen MR) is 66.9 cm³/mol. The van der Waals surface area contributed by atoms with Gasteiger partial charge in [-0.3, -0.25) is 5.10 Å². The Morgan fingerprint density at radius 2 is 2.00 bits per heavy atom. The summed E-state index contributed by atoms with van der Waals surface area (Å²) in [6, 6.07) is 7.39. The van der Waals surface area contributed by atoms with Gasteiger partial charge in [0.25, 0.3) is 0 Å². The summed E-state index contributed by atoms with van der Waals surface area (Å²) in [7, 11) is 0. The molecular weight excluding hydrogens is 238 g/mol. The third-order valence-electron chi connectivity index (χ3n) is 2.58. The van der Waals surface area contributed by atoms with E-state index in [1.54, 1.807) is 4.63 Å². The molecule has 6 heteroatoms. The predicted octanol–water partition coefficient (Wildman–Crippen LogP) is 2.27. The summed E-state index contributed by atoms with van der Waals surface area (Å²) < 4.78 is 1.57. The van der Waals surface area contributed by atoms with Crippen molar-refractivity contribution in [1.29, 1.82) is 0 Å². The van der Waals surface area contributed by atoms with Gasteiger partial charge in [-0.1, -0.05) is 11.6 Å². The zero-order valence-electron chi connectivity index (χ0n) is 9.11. The highest BCUT2D eigenvalue weighted by molar-refractivity contribution is 6.34. The number of nitrogens with zero attached hydrogens (tertiary/aromatic N) is 3. The standard InChI is InChI=1S/C11H10ClN5/c1-6-9(12)11-14-10(16-17(11)15-6)7-2-4-8(13)5-3-7/h2-5,15H,13H2,1H3. The molecule has 0 spiro atoms. The number of fused-ring (bicyclic) bond motifs is 1. The molecule has 1 aromatic carbocycles. The number of H-pyrrole nitrogens is 1. The molecule has 3 rings (SSSR count). The van der Waals surface area contributed by atoms with Crippen molar-refractivity contribution < 1.29 is 0 Å². The van der Waals surface area contributed by atoms with Crippen molar-refractivity contribution in [3.8, 4) is 11.4 Å². The van der Waals surface area contributed by atoms with E-state index in [9.17, 15) is 0 Å². The van der Waals surface area contributed by atoms with Gasteiger partial charge in [0.15, 0.2) is 11.5 Å². The Balaban J connectivity index is 2.15. The molecule has 0 aliphatic heterocycles. The van der Waals surface area contributed by atoms with Gasteiger partial charge in [-0.05, 0) is 31.2 Å². The van der Waals surface area contributed by atoms with Gasteiger partial charge < -0.3 is 5.73 Å². The Morgan fingerprint density at radius 1 is 1.29 bits per heavy atom. The van der Waals surface area contributed by atoms with E-state index in [2.05, 4.69) is 15.2 Å². The molecule has 2 heterocycles. The molecule has 17 heavy (non-hydrogen) atoms. The Morgan fingerprint density at radius 3 is 2.65 bits per heavy atom. The second kappa shape index (κ2) is 3.49. The van der Waals surface area contributed by atoms with Crippen LogP contribution in [0.15, 0.2) is 24.3 Å². The molecule has 0 saturated carbocycles. The van der Waals surface area contributed by atoms with Crippen molar-refractivity contribution in [1.82, 2.24) is 19.8 Å². The fourth-order valence-electron chi connectivity index (χ4n) is 1.66. The Hall–Kier alpha value is -2.01. The van der Waals surface area contributed by atoms with Crippen LogP contribution in [0.4, 0.5) is 5.69 Å². The molecule has 0 amide bonds. The topological polar surface area (TPSA) is 72.0 Å². The number of anilines is 1. The van der Waals surface area contributed by atoms with Gasteiger partial charge in [-0.2, -0.15) is 4.63 Å². The largest absolute Gasteiger partial charge is 0.399 e. The van der Waals surface area contributed by atoms with Crippen LogP contribution in [0.2, 0.25) is 5.02 Å². The van der Waals surface area contributed by atoms with Crippen LogP contribution < -0.4 is 5.73 Å². The fraction of sp³-hybridized carbons (Fsp3) is 0.0909. The smallest absolute Gasteiger partial charge is 0.194 e. The number of hydrogen-bond acceptors (Lipinski definition) is 3. The second-order valence-electron chi connectivity index (χ2n) is 3.84. The quantitative estimate of drug-likeness (QED) is 0.648. The first kappa shape index (κ1) is 10.2. The summed E-state index contributed by atoms with van der Waals surface area (Å²) >= 11 is 6.09. The first-order valence-corrected chi connectivity index (χ1v) is 5.50. The molecule has 0 aliphatic carbocycles. The lowest BCUT2D eigenvalue weighted by atomic mass is 10.2. The molecule has 2 aromatic heterocycles. The van der Waals surface area contributed by atoms with Crippen LogP contribution in [0, 0.1) is 6.92 Å². The first-order valence-electron chi connectivity index (χ1n) is 5.12. The van der Waals surface area contributed by atoms with Crippen molar-refractivity contribution in [3.63, 3.8) is 0 Å². The van der Waals surface area contributed by atoms with E-state index < -0.39 is 0 Å². The normalized spacial score (nSPS) is 11.2. The van der Waals surface area contributed by atoms with Crippen molar-refractivity contribution in [2.75, 3.05) is 5.73 Å². The van der Waals surface area contributed by atoms with Gasteiger partial charge >= 0.3 is 0 Å². The van der Waals surface area contributed by atoms with Gasteiger partial charge in [0.2, 0.25) is 0 Å². The lowest BCUT2D eigenvalue weighted by Crippen LogP contribution is -1.89. The van der Waals surface area contributed by atoms with Crippen LogP contribution >= 0.6 is 11.6 Å². The summed E-state index contributed by atoms with van der Waals surface area (Å²) in [5, 5.41) is 7.93. The summed E-state index contributed by atoms with van der Waals surface area (Å²) in [5.74, 6) is 0.623. The molecule has 0 bridgehead atoms. The van der Waals surface area contributed by atoms with Gasteiger partial charge in [-0.15, -0.1) is 5.10 Å². The van der Waals surface area contributed by atoms with Crippen LogP contribution in [0.1, 0.15) is 5.69 Å². The van der Waals surface area contributed by atoms with Gasteiger partial charge in [0.05, 0.1) is 5.69 Å². The molecule has 86 valence electrons. The molecule has 0 aliphatic rings. The summed E-state index contributed by atoms with van der Waals surface area (Å²) in [6.07, 6.45) is 0. The Bertz CT molecular complexity index is 680. The monoisotopic (exact) mass is 247 g/mol. The Kier molecular flexibility index (Phi) is 2.09. The van der Waals surface area contributed by atoms with E-state index in [0.717, 1.165) is 11.3 Å². The third kappa shape index (κ3) is 1.55. The minimum absolute atomic E-state index is 0.596. The molecule has 3 aromatic rings. The number of aromatic amines is 1. The zero-order valence-corrected chi connectivity index (χ0v) is 9.86. The molecule has 0 atom stereocenters. The van der Waals surface area contributed by atoms with E-state index in [-0.39, 0.29) is 0 Å². The molecule has 5 nitrogen and oxygen atoms in total. The maximum absolute atomic E-state index is 6.09. The van der Waals surface area contributed by atoms with E-state index in [1.807, 2.05) is 31.2 Å². The van der Waals surface area contributed by atoms with Crippen LogP contribution in [0.5, 0.6) is 0 Å². The lowest BCUT2D eigenvalue weighted by Gasteiger charge is -1.95. The van der Waals surface area contributed by atoms with Gasteiger partial charge in [0.1, 0.15) is 5.02 Å². The second-order valence-corrected chi connectivity index (χ2v) is 4.22. The van der Waals surface area contributed by atoms with Crippen LogP contribution in [-0.2, 0) is 0 Å². The summed E-state index contributed by atoms with van der Waals surface area (Å²) in [6.45, 7) is 1.88. The molecule has 0 saturated heterocycles. The molecule has 0 fully saturated rings. The molecular formula is C11H10ClN5. The summed E-state index contributed by atoms with van der Waals surface area (Å²) in [5.41, 5.74) is 8.74. The molecule has 3 N–H and O–H groups in total. The highest BCUT2D eigenvalue weighted by atomic mass is 35.5. The van der Waals surface area contributed by atoms with Crippen LogP contribution in [0.3, 0.4) is 0 Å². The van der Waals surface area contributed by atoms with E-state index in [4.69, 9.17) is 17.3 Å². The average Bonchev–Trinajstić information content (AvgIpc) is 2.82. The SMILES string of the molecule is Cc1[nH]n2nc(-c3ccc(N)cc3)nc2c1Cl. The first-order chi connectivity index (χ1) is 8.15. The third-order valence-corrected chi connectivity index (χ3v) is 3.03. The van der Waals surface area contributed by atoms with Gasteiger partial charge in [0, 0.05) is 11.3 Å². The number of hydrogen-bond donors (Lipinski definition) is 2.